The van der Waals surface area contributed by atoms with Crippen LogP contribution < -0.4 is 5.32 Å². The van der Waals surface area contributed by atoms with Crippen LogP contribution >= 0.6 is 0 Å². The molecule has 0 amide bonds. The molecule has 0 saturated heterocycles. The highest BCUT2D eigenvalue weighted by Gasteiger charge is 2.04. The maximum absolute atomic E-state index is 11.5. The van der Waals surface area contributed by atoms with E-state index in [1.807, 2.05) is 24.7 Å². The Morgan fingerprint density at radius 3 is 2.93 bits per heavy atom. The molecule has 0 fully saturated rings. The van der Waals surface area contributed by atoms with Gasteiger partial charge in [-0.3, -0.25) is 9.48 Å². The summed E-state index contributed by atoms with van der Waals surface area (Å²) in [7, 11) is 0. The summed E-state index contributed by atoms with van der Waals surface area (Å²) in [4.78, 5) is 11.5. The summed E-state index contributed by atoms with van der Waals surface area (Å²) in [6.07, 6.45) is 4.82. The molecule has 0 spiro atoms. The summed E-state index contributed by atoms with van der Waals surface area (Å²) >= 11 is 0. The molecule has 1 aromatic rings. The highest BCUT2D eigenvalue weighted by Crippen LogP contribution is 2.01. The number of nitrogens with one attached hydrogen (secondary N) is 1. The normalized spacial score (nSPS) is 10.5. The minimum Gasteiger partial charge on any atom is -0.317 e. The number of ketones is 1. The van der Waals surface area contributed by atoms with Gasteiger partial charge in [0, 0.05) is 32.1 Å². The van der Waals surface area contributed by atoms with Gasteiger partial charge in [-0.25, -0.2) is 0 Å². The molecule has 0 aliphatic heterocycles. The molecule has 0 saturated carbocycles. The Kier molecular flexibility index (Phi) is 5.04. The van der Waals surface area contributed by atoms with Crippen molar-refractivity contribution in [3.8, 4) is 0 Å². The molecule has 1 aromatic heterocycles. The number of rotatable bonds is 7. The van der Waals surface area contributed by atoms with E-state index in [2.05, 4.69) is 10.4 Å². The molecule has 84 valence electrons. The van der Waals surface area contributed by atoms with E-state index >= 15 is 0 Å². The molecule has 0 aliphatic rings. The van der Waals surface area contributed by atoms with Gasteiger partial charge in [0.15, 0.2) is 0 Å². The fourth-order valence-corrected chi connectivity index (χ4v) is 1.39. The molecule has 1 rings (SSSR count). The van der Waals surface area contributed by atoms with Gasteiger partial charge in [0.25, 0.3) is 0 Å². The van der Waals surface area contributed by atoms with Gasteiger partial charge in [0.1, 0.15) is 5.78 Å². The Bertz CT molecular complexity index is 307. The Balaban J connectivity index is 2.31. The first-order valence-electron chi connectivity index (χ1n) is 5.50. The summed E-state index contributed by atoms with van der Waals surface area (Å²) in [6, 6.07) is 0. The Hall–Kier alpha value is -1.16. The van der Waals surface area contributed by atoms with Crippen molar-refractivity contribution in [1.82, 2.24) is 15.1 Å². The zero-order valence-corrected chi connectivity index (χ0v) is 9.49. The van der Waals surface area contributed by atoms with E-state index in [9.17, 15) is 4.79 Å². The second kappa shape index (κ2) is 6.35. The van der Waals surface area contributed by atoms with E-state index in [4.69, 9.17) is 0 Å². The Morgan fingerprint density at radius 1 is 1.53 bits per heavy atom. The van der Waals surface area contributed by atoms with Crippen molar-refractivity contribution in [1.29, 1.82) is 0 Å². The predicted molar refractivity (Wildman–Crippen MR) is 59.8 cm³/mol. The van der Waals surface area contributed by atoms with Crippen LogP contribution in [0, 0.1) is 0 Å². The Morgan fingerprint density at radius 2 is 2.33 bits per heavy atom. The van der Waals surface area contributed by atoms with Gasteiger partial charge in [0.05, 0.1) is 6.20 Å². The number of nitrogens with zero attached hydrogens (tertiary/aromatic N) is 2. The number of aromatic nitrogens is 2. The maximum atomic E-state index is 11.5. The van der Waals surface area contributed by atoms with Crippen molar-refractivity contribution in [2.75, 3.05) is 13.1 Å². The fourth-order valence-electron chi connectivity index (χ4n) is 1.39. The number of carbonyl (C=O) groups is 1. The third-order valence-corrected chi connectivity index (χ3v) is 2.24. The van der Waals surface area contributed by atoms with Gasteiger partial charge >= 0.3 is 0 Å². The molecule has 0 bridgehead atoms. The zero-order chi connectivity index (χ0) is 11.1. The SMILES string of the molecule is CCNCCC(=O)Cc1cnn(CC)c1. The van der Waals surface area contributed by atoms with E-state index in [0.29, 0.717) is 12.8 Å². The van der Waals surface area contributed by atoms with Crippen LogP contribution in [0.2, 0.25) is 0 Å². The largest absolute Gasteiger partial charge is 0.317 e. The smallest absolute Gasteiger partial charge is 0.138 e. The molecule has 0 aliphatic carbocycles. The lowest BCUT2D eigenvalue weighted by Gasteiger charge is -1.99. The van der Waals surface area contributed by atoms with Crippen LogP contribution in [-0.2, 0) is 17.8 Å². The number of carbonyl (C=O) groups excluding carboxylic acids is 1. The van der Waals surface area contributed by atoms with Crippen molar-refractivity contribution in [3.05, 3.63) is 18.0 Å². The van der Waals surface area contributed by atoms with Crippen LogP contribution in [0.1, 0.15) is 25.8 Å². The first kappa shape index (κ1) is 11.9. The number of aryl methyl sites for hydroxylation is 1. The van der Waals surface area contributed by atoms with Crippen LogP contribution in [0.25, 0.3) is 0 Å². The first-order valence-corrected chi connectivity index (χ1v) is 5.50. The summed E-state index contributed by atoms with van der Waals surface area (Å²) in [5.41, 5.74) is 1.01. The summed E-state index contributed by atoms with van der Waals surface area (Å²) in [5.74, 6) is 0.270. The minimum absolute atomic E-state index is 0.270. The van der Waals surface area contributed by atoms with E-state index in [1.165, 1.54) is 0 Å². The van der Waals surface area contributed by atoms with Gasteiger partial charge in [-0.1, -0.05) is 6.92 Å². The zero-order valence-electron chi connectivity index (χ0n) is 9.49. The third-order valence-electron chi connectivity index (χ3n) is 2.24. The van der Waals surface area contributed by atoms with Gasteiger partial charge in [-0.05, 0) is 19.0 Å². The first-order chi connectivity index (χ1) is 7.26. The second-order valence-electron chi connectivity index (χ2n) is 3.52. The van der Waals surface area contributed by atoms with Gasteiger partial charge in [0.2, 0.25) is 0 Å². The summed E-state index contributed by atoms with van der Waals surface area (Å²) in [6.45, 7) is 6.61. The fraction of sp³-hybridized carbons (Fsp3) is 0.636. The van der Waals surface area contributed by atoms with Crippen LogP contribution in [0.5, 0.6) is 0 Å². The Labute approximate surface area is 90.7 Å². The number of hydrogen-bond donors (Lipinski definition) is 1. The van der Waals surface area contributed by atoms with Crippen molar-refractivity contribution in [2.45, 2.75) is 33.2 Å². The topological polar surface area (TPSA) is 46.9 Å². The highest BCUT2D eigenvalue weighted by atomic mass is 16.1. The van der Waals surface area contributed by atoms with E-state index in [0.717, 1.165) is 25.2 Å². The van der Waals surface area contributed by atoms with E-state index < -0.39 is 0 Å². The molecule has 0 aromatic carbocycles. The van der Waals surface area contributed by atoms with Crippen molar-refractivity contribution >= 4 is 5.78 Å². The van der Waals surface area contributed by atoms with Crippen molar-refractivity contribution in [2.24, 2.45) is 0 Å². The van der Waals surface area contributed by atoms with Gasteiger partial charge in [-0.2, -0.15) is 5.10 Å². The molecule has 1 heterocycles. The lowest BCUT2D eigenvalue weighted by atomic mass is 10.1. The van der Waals surface area contributed by atoms with E-state index in [1.54, 1.807) is 6.20 Å². The molecular weight excluding hydrogens is 190 g/mol. The molecule has 15 heavy (non-hydrogen) atoms. The quantitative estimate of drug-likeness (QED) is 0.682. The molecular formula is C11H19N3O. The standard InChI is InChI=1S/C11H19N3O/c1-3-12-6-5-11(15)7-10-8-13-14(4-2)9-10/h8-9,12H,3-7H2,1-2H3. The minimum atomic E-state index is 0.270. The van der Waals surface area contributed by atoms with Crippen molar-refractivity contribution < 1.29 is 4.79 Å². The molecule has 0 radical (unpaired) electrons. The second-order valence-corrected chi connectivity index (χ2v) is 3.52. The molecule has 0 unspecified atom stereocenters. The van der Waals surface area contributed by atoms with Gasteiger partial charge in [-0.15, -0.1) is 0 Å². The lowest BCUT2D eigenvalue weighted by Crippen LogP contribution is -2.18. The van der Waals surface area contributed by atoms with Gasteiger partial charge < -0.3 is 5.32 Å². The molecule has 1 N–H and O–H groups in total. The van der Waals surface area contributed by atoms with Crippen LogP contribution in [0.3, 0.4) is 0 Å². The number of Topliss-reactive ketones (excluding diaryl/α,β-unsaturated/α-hetero) is 1. The van der Waals surface area contributed by atoms with E-state index in [-0.39, 0.29) is 5.78 Å². The average molecular weight is 209 g/mol. The average Bonchev–Trinajstić information content (AvgIpc) is 2.66. The lowest BCUT2D eigenvalue weighted by molar-refractivity contribution is -0.118. The number of hydrogen-bond acceptors (Lipinski definition) is 3. The highest BCUT2D eigenvalue weighted by molar-refractivity contribution is 5.80. The summed E-state index contributed by atoms with van der Waals surface area (Å²) in [5, 5.41) is 7.27. The monoisotopic (exact) mass is 209 g/mol. The molecule has 0 atom stereocenters. The maximum Gasteiger partial charge on any atom is 0.138 e. The van der Waals surface area contributed by atoms with Crippen LogP contribution in [-0.4, -0.2) is 28.7 Å². The summed E-state index contributed by atoms with van der Waals surface area (Å²) < 4.78 is 1.84. The molecule has 4 heteroatoms. The predicted octanol–water partition coefficient (Wildman–Crippen LogP) is 1.01. The third kappa shape index (κ3) is 4.25. The van der Waals surface area contributed by atoms with Crippen LogP contribution in [0.4, 0.5) is 0 Å². The van der Waals surface area contributed by atoms with Crippen molar-refractivity contribution in [3.63, 3.8) is 0 Å². The molecule has 4 nitrogen and oxygen atoms in total. The van der Waals surface area contributed by atoms with Crippen LogP contribution in [0.15, 0.2) is 12.4 Å².